The Bertz CT molecular complexity index is 961. The van der Waals surface area contributed by atoms with Crippen LogP contribution in [-0.4, -0.2) is 53.1 Å². The third kappa shape index (κ3) is 3.84. The molecular formula is C19H21N3O4S. The largest absolute Gasteiger partial charge is 0.497 e. The third-order valence-corrected chi connectivity index (χ3v) is 6.49. The predicted octanol–water partition coefficient (Wildman–Crippen LogP) is 2.09. The number of methoxy groups -OCH3 is 2. The number of piperazine rings is 1. The van der Waals surface area contributed by atoms with Gasteiger partial charge in [-0.15, -0.1) is 0 Å². The van der Waals surface area contributed by atoms with Crippen molar-refractivity contribution in [2.45, 2.75) is 4.90 Å². The van der Waals surface area contributed by atoms with E-state index in [9.17, 15) is 8.42 Å². The lowest BCUT2D eigenvalue weighted by atomic mass is 10.2. The summed E-state index contributed by atoms with van der Waals surface area (Å²) in [5.41, 5.74) is 1.51. The standard InChI is InChI=1S/C19H21N3O4S/c1-25-17-6-7-18(26-2)19(13-17)27(23,24)22-10-8-21(9-11-22)16-5-3-4-15(12-16)14-20/h3-7,12-13H,8-11H2,1-2H3. The molecule has 0 saturated carbocycles. The van der Waals surface area contributed by atoms with Crippen LogP contribution in [0.3, 0.4) is 0 Å². The van der Waals surface area contributed by atoms with Gasteiger partial charge >= 0.3 is 0 Å². The fourth-order valence-electron chi connectivity index (χ4n) is 3.08. The first-order chi connectivity index (χ1) is 13.0. The van der Waals surface area contributed by atoms with Gasteiger partial charge in [0.1, 0.15) is 16.4 Å². The number of sulfonamides is 1. The van der Waals surface area contributed by atoms with E-state index in [0.29, 0.717) is 43.2 Å². The predicted molar refractivity (Wildman–Crippen MR) is 102 cm³/mol. The highest BCUT2D eigenvalue weighted by atomic mass is 32.2. The van der Waals surface area contributed by atoms with Gasteiger partial charge in [0, 0.05) is 37.9 Å². The first-order valence-corrected chi connectivity index (χ1v) is 9.91. The lowest BCUT2D eigenvalue weighted by Gasteiger charge is -2.35. The molecule has 27 heavy (non-hydrogen) atoms. The topological polar surface area (TPSA) is 82.9 Å². The summed E-state index contributed by atoms with van der Waals surface area (Å²) in [6.07, 6.45) is 0. The number of anilines is 1. The van der Waals surface area contributed by atoms with Crippen molar-refractivity contribution in [1.29, 1.82) is 5.26 Å². The van der Waals surface area contributed by atoms with E-state index in [1.807, 2.05) is 18.2 Å². The first-order valence-electron chi connectivity index (χ1n) is 8.47. The zero-order chi connectivity index (χ0) is 19.4. The van der Waals surface area contributed by atoms with Gasteiger partial charge in [-0.1, -0.05) is 6.07 Å². The maximum atomic E-state index is 13.1. The van der Waals surface area contributed by atoms with Crippen LogP contribution in [0.25, 0.3) is 0 Å². The fraction of sp³-hybridized carbons (Fsp3) is 0.316. The van der Waals surface area contributed by atoms with Crippen LogP contribution >= 0.6 is 0 Å². The second-order valence-corrected chi connectivity index (χ2v) is 7.98. The maximum Gasteiger partial charge on any atom is 0.247 e. The minimum atomic E-state index is -3.71. The average molecular weight is 387 g/mol. The number of nitrogens with zero attached hydrogens (tertiary/aromatic N) is 3. The monoisotopic (exact) mass is 387 g/mol. The molecule has 0 radical (unpaired) electrons. The number of benzene rings is 2. The van der Waals surface area contributed by atoms with Gasteiger partial charge in [-0.3, -0.25) is 0 Å². The van der Waals surface area contributed by atoms with Crippen LogP contribution in [0.1, 0.15) is 5.56 Å². The van der Waals surface area contributed by atoms with Gasteiger partial charge in [0.2, 0.25) is 10.0 Å². The fourth-order valence-corrected chi connectivity index (χ4v) is 4.68. The summed E-state index contributed by atoms with van der Waals surface area (Å²) in [6, 6.07) is 14.2. The molecule has 142 valence electrons. The highest BCUT2D eigenvalue weighted by molar-refractivity contribution is 7.89. The Morgan fingerprint density at radius 3 is 2.37 bits per heavy atom. The molecule has 0 N–H and O–H groups in total. The summed E-state index contributed by atoms with van der Waals surface area (Å²) < 4.78 is 38.1. The van der Waals surface area contributed by atoms with Gasteiger partial charge in [-0.25, -0.2) is 8.42 Å². The number of hydrogen-bond acceptors (Lipinski definition) is 6. The van der Waals surface area contributed by atoms with E-state index in [-0.39, 0.29) is 4.90 Å². The molecule has 0 unspecified atom stereocenters. The molecule has 1 saturated heterocycles. The smallest absolute Gasteiger partial charge is 0.247 e. The molecule has 0 atom stereocenters. The van der Waals surface area contributed by atoms with E-state index in [1.165, 1.54) is 24.6 Å². The van der Waals surface area contributed by atoms with Crippen molar-refractivity contribution in [2.24, 2.45) is 0 Å². The van der Waals surface area contributed by atoms with E-state index >= 15 is 0 Å². The van der Waals surface area contributed by atoms with E-state index in [2.05, 4.69) is 11.0 Å². The molecule has 0 spiro atoms. The quantitative estimate of drug-likeness (QED) is 0.781. The Labute approximate surface area is 159 Å². The Balaban J connectivity index is 1.80. The molecule has 7 nitrogen and oxygen atoms in total. The van der Waals surface area contributed by atoms with Crippen molar-refractivity contribution < 1.29 is 17.9 Å². The number of rotatable bonds is 5. The van der Waals surface area contributed by atoms with Crippen molar-refractivity contribution in [3.05, 3.63) is 48.0 Å². The minimum absolute atomic E-state index is 0.101. The number of ether oxygens (including phenoxy) is 2. The normalized spacial score (nSPS) is 15.2. The molecule has 2 aromatic rings. The maximum absolute atomic E-state index is 13.1. The van der Waals surface area contributed by atoms with Gasteiger partial charge in [0.05, 0.1) is 25.9 Å². The highest BCUT2D eigenvalue weighted by Crippen LogP contribution is 2.31. The Morgan fingerprint density at radius 1 is 1.00 bits per heavy atom. The summed E-state index contributed by atoms with van der Waals surface area (Å²) in [5, 5.41) is 9.05. The van der Waals surface area contributed by atoms with Crippen molar-refractivity contribution in [2.75, 3.05) is 45.3 Å². The molecule has 1 aliphatic heterocycles. The molecule has 1 aliphatic rings. The Morgan fingerprint density at radius 2 is 1.74 bits per heavy atom. The van der Waals surface area contributed by atoms with Crippen LogP contribution in [0.4, 0.5) is 5.69 Å². The molecule has 1 heterocycles. The van der Waals surface area contributed by atoms with Gasteiger partial charge in [0.15, 0.2) is 0 Å². The van der Waals surface area contributed by atoms with E-state index < -0.39 is 10.0 Å². The Kier molecular flexibility index (Phi) is 5.54. The van der Waals surface area contributed by atoms with Gasteiger partial charge in [-0.05, 0) is 30.3 Å². The third-order valence-electron chi connectivity index (χ3n) is 4.57. The molecule has 0 bridgehead atoms. The summed E-state index contributed by atoms with van der Waals surface area (Å²) in [6.45, 7) is 1.78. The molecule has 2 aromatic carbocycles. The number of nitriles is 1. The SMILES string of the molecule is COc1ccc(OC)c(S(=O)(=O)N2CCN(c3cccc(C#N)c3)CC2)c1. The van der Waals surface area contributed by atoms with Gasteiger partial charge in [0.25, 0.3) is 0 Å². The molecule has 0 aliphatic carbocycles. The molecule has 8 heteroatoms. The Hall–Kier alpha value is -2.76. The molecule has 1 fully saturated rings. The van der Waals surface area contributed by atoms with Crippen molar-refractivity contribution in [3.8, 4) is 17.6 Å². The zero-order valence-corrected chi connectivity index (χ0v) is 16.1. The first kappa shape index (κ1) is 19.0. The summed E-state index contributed by atoms with van der Waals surface area (Å²) in [7, 11) is -0.769. The van der Waals surface area contributed by atoms with Gasteiger partial charge < -0.3 is 14.4 Å². The molecule has 3 rings (SSSR count). The van der Waals surface area contributed by atoms with Gasteiger partial charge in [-0.2, -0.15) is 9.57 Å². The lowest BCUT2D eigenvalue weighted by molar-refractivity contribution is 0.371. The minimum Gasteiger partial charge on any atom is -0.497 e. The molecule has 0 aromatic heterocycles. The van der Waals surface area contributed by atoms with Crippen molar-refractivity contribution in [1.82, 2.24) is 4.31 Å². The van der Waals surface area contributed by atoms with Crippen molar-refractivity contribution >= 4 is 15.7 Å². The van der Waals surface area contributed by atoms with E-state index in [0.717, 1.165) is 5.69 Å². The highest BCUT2D eigenvalue weighted by Gasteiger charge is 2.31. The zero-order valence-electron chi connectivity index (χ0n) is 15.3. The number of hydrogen-bond donors (Lipinski definition) is 0. The molecule has 0 amide bonds. The van der Waals surface area contributed by atoms with Crippen LogP contribution in [0.2, 0.25) is 0 Å². The van der Waals surface area contributed by atoms with Crippen LogP contribution in [0.15, 0.2) is 47.4 Å². The molecular weight excluding hydrogens is 366 g/mol. The van der Waals surface area contributed by atoms with E-state index in [1.54, 1.807) is 18.2 Å². The van der Waals surface area contributed by atoms with E-state index in [4.69, 9.17) is 14.7 Å². The summed E-state index contributed by atoms with van der Waals surface area (Å²) in [5.74, 6) is 0.751. The average Bonchev–Trinajstić information content (AvgIpc) is 2.73. The van der Waals surface area contributed by atoms with Crippen LogP contribution in [0.5, 0.6) is 11.5 Å². The second kappa shape index (κ2) is 7.86. The van der Waals surface area contributed by atoms with Crippen molar-refractivity contribution in [3.63, 3.8) is 0 Å². The lowest BCUT2D eigenvalue weighted by Crippen LogP contribution is -2.48. The van der Waals surface area contributed by atoms with Crippen LogP contribution in [0, 0.1) is 11.3 Å². The van der Waals surface area contributed by atoms with Crippen LogP contribution < -0.4 is 14.4 Å². The summed E-state index contributed by atoms with van der Waals surface area (Å²) >= 11 is 0. The van der Waals surface area contributed by atoms with Crippen LogP contribution in [-0.2, 0) is 10.0 Å². The summed E-state index contributed by atoms with van der Waals surface area (Å²) in [4.78, 5) is 2.18. The second-order valence-electron chi connectivity index (χ2n) is 6.07.